The molecular weight excluding hydrogens is 212 g/mol. The maximum atomic E-state index is 5.45. The lowest BCUT2D eigenvalue weighted by atomic mass is 9.84. The molecule has 3 heteroatoms. The van der Waals surface area contributed by atoms with Crippen molar-refractivity contribution in [2.75, 3.05) is 26.9 Å². The van der Waals surface area contributed by atoms with Crippen LogP contribution in [0.3, 0.4) is 0 Å². The fourth-order valence-electron chi connectivity index (χ4n) is 1.77. The lowest BCUT2D eigenvalue weighted by Crippen LogP contribution is -2.37. The lowest BCUT2D eigenvalue weighted by Gasteiger charge is -2.26. The zero-order valence-corrected chi connectivity index (χ0v) is 11.3. The fraction of sp³-hybridized carbons (Fsp3) is 0.571. The van der Waals surface area contributed by atoms with E-state index in [9.17, 15) is 0 Å². The van der Waals surface area contributed by atoms with E-state index < -0.39 is 0 Å². The highest BCUT2D eigenvalue weighted by molar-refractivity contribution is 5.31. The maximum Gasteiger partial charge on any atom is 0.119 e. The highest BCUT2D eigenvalue weighted by atomic mass is 16.5. The van der Waals surface area contributed by atoms with Gasteiger partial charge in [0, 0.05) is 18.6 Å². The predicted molar refractivity (Wildman–Crippen MR) is 72.6 cm³/mol. The van der Waals surface area contributed by atoms with Gasteiger partial charge in [-0.1, -0.05) is 26.0 Å². The zero-order valence-electron chi connectivity index (χ0n) is 11.3. The van der Waals surface area contributed by atoms with Crippen LogP contribution in [-0.4, -0.2) is 26.9 Å². The third-order valence-electron chi connectivity index (χ3n) is 2.82. The molecule has 17 heavy (non-hydrogen) atoms. The molecule has 0 radical (unpaired) electrons. The molecule has 1 aromatic rings. The highest BCUT2D eigenvalue weighted by Gasteiger charge is 2.19. The van der Waals surface area contributed by atoms with E-state index in [1.807, 2.05) is 26.1 Å². The van der Waals surface area contributed by atoms with Gasteiger partial charge >= 0.3 is 0 Å². The van der Waals surface area contributed by atoms with Crippen LogP contribution in [0.15, 0.2) is 24.3 Å². The average molecular weight is 236 g/mol. The molecule has 0 amide bonds. The van der Waals surface area contributed by atoms with E-state index >= 15 is 0 Å². The monoisotopic (exact) mass is 236 g/mol. The van der Waals surface area contributed by atoms with Crippen LogP contribution in [0, 0.1) is 0 Å². The average Bonchev–Trinajstić information content (AvgIpc) is 2.30. The van der Waals surface area contributed by atoms with Crippen LogP contribution in [0.25, 0.3) is 0 Å². The van der Waals surface area contributed by atoms with Gasteiger partial charge in [0.15, 0.2) is 0 Å². The van der Waals surface area contributed by atoms with Gasteiger partial charge in [-0.15, -0.1) is 0 Å². The molecule has 0 unspecified atom stereocenters. The van der Waals surface area contributed by atoms with E-state index in [2.05, 4.69) is 36.6 Å². The molecular formula is C14H24N2O. The van der Waals surface area contributed by atoms with Crippen molar-refractivity contribution >= 4 is 0 Å². The van der Waals surface area contributed by atoms with Gasteiger partial charge in [-0.3, -0.25) is 0 Å². The topological polar surface area (TPSA) is 33.3 Å². The predicted octanol–water partition coefficient (Wildman–Crippen LogP) is 2.13. The Morgan fingerprint density at radius 1 is 1.18 bits per heavy atom. The third kappa shape index (κ3) is 4.36. The Hall–Kier alpha value is -1.06. The number of rotatable bonds is 7. The summed E-state index contributed by atoms with van der Waals surface area (Å²) in [7, 11) is 1.94. The molecule has 0 atom stereocenters. The molecule has 2 N–H and O–H groups in total. The van der Waals surface area contributed by atoms with E-state index in [4.69, 9.17) is 4.74 Å². The van der Waals surface area contributed by atoms with Crippen molar-refractivity contribution in [2.45, 2.75) is 26.2 Å². The van der Waals surface area contributed by atoms with Crippen LogP contribution in [0.5, 0.6) is 5.75 Å². The van der Waals surface area contributed by atoms with Crippen LogP contribution in [0.1, 0.15) is 26.3 Å². The largest absolute Gasteiger partial charge is 0.494 e. The number of benzene rings is 1. The molecule has 3 nitrogen and oxygen atoms in total. The summed E-state index contributed by atoms with van der Waals surface area (Å²) in [4.78, 5) is 0. The molecule has 0 aliphatic heterocycles. The summed E-state index contributed by atoms with van der Waals surface area (Å²) in [5.74, 6) is 0.940. The van der Waals surface area contributed by atoms with Gasteiger partial charge in [0.25, 0.3) is 0 Å². The molecule has 0 bridgehead atoms. The van der Waals surface area contributed by atoms with Gasteiger partial charge < -0.3 is 15.4 Å². The van der Waals surface area contributed by atoms with Crippen molar-refractivity contribution in [1.82, 2.24) is 10.6 Å². The van der Waals surface area contributed by atoms with Gasteiger partial charge in [-0.2, -0.15) is 0 Å². The van der Waals surface area contributed by atoms with Crippen molar-refractivity contribution in [3.05, 3.63) is 29.8 Å². The first-order chi connectivity index (χ1) is 8.10. The Labute approximate surface area is 105 Å². The molecule has 1 rings (SSSR count). The van der Waals surface area contributed by atoms with Crippen LogP contribution in [-0.2, 0) is 5.41 Å². The van der Waals surface area contributed by atoms with E-state index in [-0.39, 0.29) is 5.41 Å². The molecule has 96 valence electrons. The Balaban J connectivity index is 2.63. The SMILES string of the molecule is CCOc1ccc(C(C)(C)CNCNC)cc1. The third-order valence-corrected chi connectivity index (χ3v) is 2.82. The van der Waals surface area contributed by atoms with Gasteiger partial charge in [-0.05, 0) is 31.7 Å². The Bertz CT molecular complexity index is 319. The molecule has 0 aliphatic carbocycles. The minimum absolute atomic E-state index is 0.127. The summed E-state index contributed by atoms with van der Waals surface area (Å²) < 4.78 is 5.45. The van der Waals surface area contributed by atoms with Gasteiger partial charge in [0.2, 0.25) is 0 Å². The van der Waals surface area contributed by atoms with E-state index in [1.165, 1.54) is 5.56 Å². The van der Waals surface area contributed by atoms with Crippen LogP contribution in [0.4, 0.5) is 0 Å². The summed E-state index contributed by atoms with van der Waals surface area (Å²) in [6, 6.07) is 8.37. The number of hydrogen-bond donors (Lipinski definition) is 2. The van der Waals surface area contributed by atoms with Crippen molar-refractivity contribution in [1.29, 1.82) is 0 Å². The summed E-state index contributed by atoms with van der Waals surface area (Å²) >= 11 is 0. The van der Waals surface area contributed by atoms with Crippen LogP contribution >= 0.6 is 0 Å². The second kappa shape index (κ2) is 6.62. The molecule has 0 heterocycles. The Kier molecular flexibility index (Phi) is 5.45. The standard InChI is InChI=1S/C14H24N2O/c1-5-17-13-8-6-12(7-9-13)14(2,3)10-16-11-15-4/h6-9,15-16H,5,10-11H2,1-4H3. The number of ether oxygens (including phenoxy) is 1. The summed E-state index contributed by atoms with van der Waals surface area (Å²) in [5, 5.41) is 6.46. The summed E-state index contributed by atoms with van der Waals surface area (Å²) in [6.45, 7) is 8.98. The summed E-state index contributed by atoms with van der Waals surface area (Å²) in [5.41, 5.74) is 1.45. The molecule has 0 saturated carbocycles. The lowest BCUT2D eigenvalue weighted by molar-refractivity contribution is 0.340. The van der Waals surface area contributed by atoms with Crippen molar-refractivity contribution in [3.63, 3.8) is 0 Å². The molecule has 0 saturated heterocycles. The van der Waals surface area contributed by atoms with Crippen molar-refractivity contribution < 1.29 is 4.74 Å². The second-order valence-corrected chi connectivity index (χ2v) is 4.80. The van der Waals surface area contributed by atoms with E-state index in [0.29, 0.717) is 6.61 Å². The number of hydrogen-bond acceptors (Lipinski definition) is 3. The first kappa shape index (κ1) is 14.0. The molecule has 0 aliphatic rings. The molecule has 0 aromatic heterocycles. The van der Waals surface area contributed by atoms with Crippen LogP contribution in [0.2, 0.25) is 0 Å². The second-order valence-electron chi connectivity index (χ2n) is 4.80. The molecule has 0 spiro atoms. The van der Waals surface area contributed by atoms with Crippen molar-refractivity contribution in [2.24, 2.45) is 0 Å². The smallest absolute Gasteiger partial charge is 0.119 e. The normalized spacial score (nSPS) is 11.5. The van der Waals surface area contributed by atoms with E-state index in [0.717, 1.165) is 19.0 Å². The van der Waals surface area contributed by atoms with Crippen molar-refractivity contribution in [3.8, 4) is 5.75 Å². The zero-order chi connectivity index (χ0) is 12.7. The quantitative estimate of drug-likeness (QED) is 0.562. The first-order valence-electron chi connectivity index (χ1n) is 6.19. The van der Waals surface area contributed by atoms with Gasteiger partial charge in [-0.25, -0.2) is 0 Å². The van der Waals surface area contributed by atoms with Crippen LogP contribution < -0.4 is 15.4 Å². The molecule has 1 aromatic carbocycles. The highest BCUT2D eigenvalue weighted by Crippen LogP contribution is 2.24. The summed E-state index contributed by atoms with van der Waals surface area (Å²) in [6.07, 6.45) is 0. The van der Waals surface area contributed by atoms with E-state index in [1.54, 1.807) is 0 Å². The Morgan fingerprint density at radius 3 is 2.35 bits per heavy atom. The minimum Gasteiger partial charge on any atom is -0.494 e. The maximum absolute atomic E-state index is 5.45. The minimum atomic E-state index is 0.127. The van der Waals surface area contributed by atoms with Gasteiger partial charge in [0.05, 0.1) is 6.61 Å². The number of nitrogens with one attached hydrogen (secondary N) is 2. The Morgan fingerprint density at radius 2 is 1.82 bits per heavy atom. The first-order valence-corrected chi connectivity index (χ1v) is 6.19. The molecule has 0 fully saturated rings. The fourth-order valence-corrected chi connectivity index (χ4v) is 1.77. The van der Waals surface area contributed by atoms with Gasteiger partial charge in [0.1, 0.15) is 5.75 Å².